The highest BCUT2D eigenvalue weighted by molar-refractivity contribution is 5.00. The van der Waals surface area contributed by atoms with Crippen LogP contribution in [0.15, 0.2) is 11.8 Å². The topological polar surface area (TPSA) is 16.6 Å². The molecular formula is C5H10N+. The predicted octanol–water partition coefficient (Wildman–Crippen LogP) is -0.143. The quantitative estimate of drug-likeness (QED) is 0.455. The molecule has 1 heteroatoms. The third-order valence-corrected chi connectivity index (χ3v) is 1.21. The fraction of sp³-hybridized carbons (Fsp3) is 0.600. The summed E-state index contributed by atoms with van der Waals surface area (Å²) in [5, 5.41) is 2.17. The highest BCUT2D eigenvalue weighted by atomic mass is 14.8. The largest absolute Gasteiger partial charge is 0.320 e. The highest BCUT2D eigenvalue weighted by Gasteiger charge is 2.04. The molecule has 1 aliphatic rings. The van der Waals surface area contributed by atoms with Crippen molar-refractivity contribution in [3.8, 4) is 0 Å². The Labute approximate surface area is 38.1 Å². The van der Waals surface area contributed by atoms with Gasteiger partial charge in [0.1, 0.15) is 5.70 Å². The Morgan fingerprint density at radius 3 is 2.50 bits per heavy atom. The van der Waals surface area contributed by atoms with Crippen molar-refractivity contribution >= 4 is 0 Å². The van der Waals surface area contributed by atoms with Gasteiger partial charge < -0.3 is 5.32 Å². The molecule has 0 aliphatic heterocycles. The first kappa shape index (κ1) is 3.88. The predicted molar refractivity (Wildman–Crippen MR) is 25.2 cm³/mol. The van der Waals surface area contributed by atoms with E-state index in [0.717, 1.165) is 0 Å². The number of hydrogen-bond donors (Lipinski definition) is 1. The van der Waals surface area contributed by atoms with E-state index in [-0.39, 0.29) is 0 Å². The van der Waals surface area contributed by atoms with Crippen LogP contribution in [0.2, 0.25) is 0 Å². The Kier molecular flexibility index (Phi) is 0.926. The van der Waals surface area contributed by atoms with E-state index in [9.17, 15) is 0 Å². The van der Waals surface area contributed by atoms with E-state index in [1.165, 1.54) is 18.5 Å². The summed E-state index contributed by atoms with van der Waals surface area (Å²) in [6.07, 6.45) is 4.89. The third kappa shape index (κ3) is 0.455. The van der Waals surface area contributed by atoms with Crippen LogP contribution in [0.5, 0.6) is 0 Å². The first-order valence-corrected chi connectivity index (χ1v) is 2.42. The summed E-state index contributed by atoms with van der Waals surface area (Å²) in [5.41, 5.74) is 1.52. The van der Waals surface area contributed by atoms with Crippen LogP contribution < -0.4 is 5.32 Å². The van der Waals surface area contributed by atoms with E-state index in [1.807, 2.05) is 0 Å². The third-order valence-electron chi connectivity index (χ3n) is 1.21. The van der Waals surface area contributed by atoms with Gasteiger partial charge in [-0.15, -0.1) is 0 Å². The molecule has 0 amide bonds. The SMILES string of the molecule is C[NH2+]C1=CCC1. The van der Waals surface area contributed by atoms with Crippen LogP contribution in [0, 0.1) is 0 Å². The lowest BCUT2D eigenvalue weighted by Crippen LogP contribution is -2.78. The first-order valence-electron chi connectivity index (χ1n) is 2.42. The molecule has 0 radical (unpaired) electrons. The Hall–Kier alpha value is -0.300. The minimum absolute atomic E-state index is 1.31. The van der Waals surface area contributed by atoms with Gasteiger partial charge in [-0.3, -0.25) is 0 Å². The molecule has 0 fully saturated rings. The normalized spacial score (nSPS) is 19.2. The molecule has 0 bridgehead atoms. The van der Waals surface area contributed by atoms with Gasteiger partial charge in [0.2, 0.25) is 0 Å². The lowest BCUT2D eigenvalue weighted by molar-refractivity contribution is -0.581. The van der Waals surface area contributed by atoms with Gasteiger partial charge in [0.05, 0.1) is 7.05 Å². The van der Waals surface area contributed by atoms with Crippen LogP contribution in [0.25, 0.3) is 0 Å². The van der Waals surface area contributed by atoms with Crippen LogP contribution >= 0.6 is 0 Å². The number of quaternary nitrogens is 1. The van der Waals surface area contributed by atoms with E-state index in [1.54, 1.807) is 0 Å². The van der Waals surface area contributed by atoms with Gasteiger partial charge in [0, 0.05) is 6.42 Å². The maximum atomic E-state index is 2.26. The Morgan fingerprint density at radius 2 is 2.50 bits per heavy atom. The fourth-order valence-corrected chi connectivity index (χ4v) is 0.573. The zero-order valence-electron chi connectivity index (χ0n) is 4.07. The van der Waals surface area contributed by atoms with Gasteiger partial charge in [-0.05, 0) is 12.5 Å². The van der Waals surface area contributed by atoms with Crippen molar-refractivity contribution in [2.75, 3.05) is 7.05 Å². The number of rotatable bonds is 1. The molecule has 0 saturated carbocycles. The number of nitrogens with two attached hydrogens (primary N) is 1. The van der Waals surface area contributed by atoms with Gasteiger partial charge in [-0.25, -0.2) is 0 Å². The molecule has 1 rings (SSSR count). The minimum atomic E-state index is 1.31. The summed E-state index contributed by atoms with van der Waals surface area (Å²) < 4.78 is 0. The van der Waals surface area contributed by atoms with Crippen LogP contribution in [0.3, 0.4) is 0 Å². The van der Waals surface area contributed by atoms with E-state index in [2.05, 4.69) is 18.4 Å². The molecular weight excluding hydrogens is 74.1 g/mol. The molecule has 2 N–H and O–H groups in total. The zero-order chi connectivity index (χ0) is 4.41. The van der Waals surface area contributed by atoms with E-state index >= 15 is 0 Å². The molecule has 34 valence electrons. The second kappa shape index (κ2) is 1.43. The second-order valence-corrected chi connectivity index (χ2v) is 1.61. The smallest absolute Gasteiger partial charge is 0.102 e. The highest BCUT2D eigenvalue weighted by Crippen LogP contribution is 2.08. The molecule has 0 unspecified atom stereocenters. The molecule has 0 spiro atoms. The van der Waals surface area contributed by atoms with Crippen molar-refractivity contribution in [1.29, 1.82) is 0 Å². The first-order chi connectivity index (χ1) is 2.93. The summed E-state index contributed by atoms with van der Waals surface area (Å²) in [5.74, 6) is 0. The Bertz CT molecular complexity index is 74.0. The molecule has 0 heterocycles. The van der Waals surface area contributed by atoms with Crippen molar-refractivity contribution in [3.05, 3.63) is 11.8 Å². The summed E-state index contributed by atoms with van der Waals surface area (Å²) >= 11 is 0. The molecule has 6 heavy (non-hydrogen) atoms. The fourth-order valence-electron chi connectivity index (χ4n) is 0.573. The second-order valence-electron chi connectivity index (χ2n) is 1.61. The molecule has 1 aliphatic carbocycles. The van der Waals surface area contributed by atoms with Gasteiger partial charge in [0.15, 0.2) is 0 Å². The van der Waals surface area contributed by atoms with Crippen molar-refractivity contribution in [1.82, 2.24) is 0 Å². The molecule has 0 aromatic rings. The summed E-state index contributed by atoms with van der Waals surface area (Å²) in [4.78, 5) is 0. The van der Waals surface area contributed by atoms with E-state index < -0.39 is 0 Å². The minimum Gasteiger partial charge on any atom is -0.320 e. The molecule has 0 aromatic carbocycles. The average Bonchev–Trinajstić information content (AvgIpc) is 1.31. The number of allylic oxidation sites excluding steroid dienone is 2. The Balaban J connectivity index is 2.32. The monoisotopic (exact) mass is 84.1 g/mol. The summed E-state index contributed by atoms with van der Waals surface area (Å²) in [6, 6.07) is 0. The van der Waals surface area contributed by atoms with Crippen LogP contribution in [-0.4, -0.2) is 7.05 Å². The standard InChI is InChI=1S/C5H9N/c1-6-5-3-2-4-5/h3,6H,2,4H2,1H3/p+1. The van der Waals surface area contributed by atoms with Crippen LogP contribution in [-0.2, 0) is 0 Å². The van der Waals surface area contributed by atoms with Gasteiger partial charge in [0.25, 0.3) is 0 Å². The van der Waals surface area contributed by atoms with Crippen molar-refractivity contribution < 1.29 is 5.32 Å². The number of hydrogen-bond acceptors (Lipinski definition) is 0. The summed E-state index contributed by atoms with van der Waals surface area (Å²) in [6.45, 7) is 0. The van der Waals surface area contributed by atoms with Crippen LogP contribution in [0.4, 0.5) is 0 Å². The molecule has 0 atom stereocenters. The van der Waals surface area contributed by atoms with Gasteiger partial charge >= 0.3 is 0 Å². The van der Waals surface area contributed by atoms with Crippen molar-refractivity contribution in [2.45, 2.75) is 12.8 Å². The van der Waals surface area contributed by atoms with Crippen LogP contribution in [0.1, 0.15) is 12.8 Å². The molecule has 1 nitrogen and oxygen atoms in total. The lowest BCUT2D eigenvalue weighted by Gasteiger charge is -2.06. The van der Waals surface area contributed by atoms with Gasteiger partial charge in [-0.2, -0.15) is 0 Å². The van der Waals surface area contributed by atoms with E-state index in [4.69, 9.17) is 0 Å². The zero-order valence-corrected chi connectivity index (χ0v) is 4.07. The van der Waals surface area contributed by atoms with E-state index in [0.29, 0.717) is 0 Å². The lowest BCUT2D eigenvalue weighted by atomic mass is 10.1. The van der Waals surface area contributed by atoms with Gasteiger partial charge in [-0.1, -0.05) is 0 Å². The molecule has 0 saturated heterocycles. The van der Waals surface area contributed by atoms with Crippen molar-refractivity contribution in [2.24, 2.45) is 0 Å². The van der Waals surface area contributed by atoms with Crippen molar-refractivity contribution in [3.63, 3.8) is 0 Å². The summed E-state index contributed by atoms with van der Waals surface area (Å²) in [7, 11) is 2.09. The Morgan fingerprint density at radius 1 is 1.83 bits per heavy atom. The average molecular weight is 84.1 g/mol. The maximum Gasteiger partial charge on any atom is 0.102 e. The molecule has 0 aromatic heterocycles. The maximum absolute atomic E-state index is 2.26.